The number of halogens is 2. The molecular weight excluding hydrogens is 291 g/mol. The largest absolute Gasteiger partial charge is 0.271 e. The van der Waals surface area contributed by atoms with E-state index in [4.69, 9.17) is 5.84 Å². The minimum atomic E-state index is -0.260. The predicted molar refractivity (Wildman–Crippen MR) is 67.6 cm³/mol. The summed E-state index contributed by atoms with van der Waals surface area (Å²) in [5.74, 6) is 5.27. The van der Waals surface area contributed by atoms with Gasteiger partial charge >= 0.3 is 0 Å². The molecule has 3 N–H and O–H groups in total. The zero-order chi connectivity index (χ0) is 11.5. The van der Waals surface area contributed by atoms with Gasteiger partial charge in [0.25, 0.3) is 0 Å². The van der Waals surface area contributed by atoms with Gasteiger partial charge in [-0.15, -0.1) is 0 Å². The van der Waals surface area contributed by atoms with E-state index in [0.717, 1.165) is 15.6 Å². The van der Waals surface area contributed by atoms with Crippen molar-refractivity contribution < 1.29 is 4.39 Å². The number of rotatable bonds is 3. The summed E-state index contributed by atoms with van der Waals surface area (Å²) in [5.41, 5.74) is 4.52. The van der Waals surface area contributed by atoms with Gasteiger partial charge < -0.3 is 0 Å². The molecule has 0 aliphatic rings. The fourth-order valence-corrected chi connectivity index (χ4v) is 3.10. The molecule has 5 heteroatoms. The van der Waals surface area contributed by atoms with E-state index < -0.39 is 0 Å². The third kappa shape index (κ3) is 2.32. The van der Waals surface area contributed by atoms with E-state index in [1.54, 1.807) is 17.4 Å². The summed E-state index contributed by atoms with van der Waals surface area (Å²) in [6, 6.07) is 6.22. The highest BCUT2D eigenvalue weighted by molar-refractivity contribution is 9.10. The molecule has 16 heavy (non-hydrogen) atoms. The van der Waals surface area contributed by atoms with E-state index in [9.17, 15) is 4.39 Å². The van der Waals surface area contributed by atoms with Crippen LogP contribution in [0, 0.1) is 5.82 Å². The van der Waals surface area contributed by atoms with Crippen molar-refractivity contribution >= 4 is 27.3 Å². The molecule has 0 saturated heterocycles. The molecular formula is C11H10BrFN2S. The third-order valence-corrected chi connectivity index (χ3v) is 4.05. The van der Waals surface area contributed by atoms with E-state index in [1.807, 2.05) is 16.8 Å². The molecule has 0 saturated carbocycles. The Morgan fingerprint density at radius 2 is 2.19 bits per heavy atom. The average molecular weight is 301 g/mol. The van der Waals surface area contributed by atoms with Crippen LogP contribution >= 0.6 is 27.3 Å². The van der Waals surface area contributed by atoms with Gasteiger partial charge in [0.1, 0.15) is 5.82 Å². The SMILES string of the molecule is NNC(c1cccc(F)c1)c1cscc1Br. The summed E-state index contributed by atoms with van der Waals surface area (Å²) in [5, 5.41) is 3.96. The van der Waals surface area contributed by atoms with Crippen LogP contribution in [0.3, 0.4) is 0 Å². The van der Waals surface area contributed by atoms with Crippen molar-refractivity contribution in [3.63, 3.8) is 0 Å². The van der Waals surface area contributed by atoms with Crippen LogP contribution in [0.5, 0.6) is 0 Å². The molecule has 1 unspecified atom stereocenters. The first-order chi connectivity index (χ1) is 7.72. The molecule has 0 bridgehead atoms. The standard InChI is InChI=1S/C11H10BrFN2S/c12-10-6-16-5-9(10)11(15-14)7-2-1-3-8(13)4-7/h1-6,11,15H,14H2. The zero-order valence-corrected chi connectivity index (χ0v) is 10.7. The highest BCUT2D eigenvalue weighted by atomic mass is 79.9. The second-order valence-electron chi connectivity index (χ2n) is 3.33. The van der Waals surface area contributed by atoms with Gasteiger partial charge in [0.05, 0.1) is 6.04 Å². The van der Waals surface area contributed by atoms with Crippen LogP contribution in [0.25, 0.3) is 0 Å². The summed E-state index contributed by atoms with van der Waals surface area (Å²) in [6.45, 7) is 0. The maximum atomic E-state index is 13.1. The molecule has 0 aliphatic heterocycles. The van der Waals surface area contributed by atoms with Crippen LogP contribution in [0.4, 0.5) is 4.39 Å². The van der Waals surface area contributed by atoms with Gasteiger partial charge in [0.2, 0.25) is 0 Å². The molecule has 0 spiro atoms. The Kier molecular flexibility index (Phi) is 3.70. The quantitative estimate of drug-likeness (QED) is 0.675. The molecule has 84 valence electrons. The summed E-state index contributed by atoms with van der Waals surface area (Å²) in [7, 11) is 0. The normalized spacial score (nSPS) is 12.7. The van der Waals surface area contributed by atoms with Crippen molar-refractivity contribution in [2.75, 3.05) is 0 Å². The highest BCUT2D eigenvalue weighted by Crippen LogP contribution is 2.31. The van der Waals surface area contributed by atoms with Gasteiger partial charge in [-0.3, -0.25) is 5.84 Å². The number of nitrogens with one attached hydrogen (secondary N) is 1. The Hall–Kier alpha value is -0.750. The summed E-state index contributed by atoms with van der Waals surface area (Å²) < 4.78 is 14.1. The minimum absolute atomic E-state index is 0.198. The minimum Gasteiger partial charge on any atom is -0.271 e. The Labute approximate surface area is 105 Å². The predicted octanol–water partition coefficient (Wildman–Crippen LogP) is 3.20. The van der Waals surface area contributed by atoms with Crippen LogP contribution in [0.1, 0.15) is 17.2 Å². The van der Waals surface area contributed by atoms with Crippen LogP contribution in [0.2, 0.25) is 0 Å². The first kappa shape index (κ1) is 11.7. The van der Waals surface area contributed by atoms with Crippen molar-refractivity contribution in [2.24, 2.45) is 5.84 Å². The van der Waals surface area contributed by atoms with E-state index >= 15 is 0 Å². The number of nitrogens with two attached hydrogens (primary N) is 1. The van der Waals surface area contributed by atoms with Gasteiger partial charge in [-0.05, 0) is 44.6 Å². The van der Waals surface area contributed by atoms with Gasteiger partial charge in [0.15, 0.2) is 0 Å². The van der Waals surface area contributed by atoms with Crippen molar-refractivity contribution in [1.82, 2.24) is 5.43 Å². The summed E-state index contributed by atoms with van der Waals surface area (Å²) in [6.07, 6.45) is 0. The molecule has 2 rings (SSSR count). The van der Waals surface area contributed by atoms with Gasteiger partial charge in [0, 0.05) is 9.85 Å². The van der Waals surface area contributed by atoms with E-state index in [1.165, 1.54) is 12.1 Å². The van der Waals surface area contributed by atoms with Crippen LogP contribution in [-0.2, 0) is 0 Å². The van der Waals surface area contributed by atoms with Crippen molar-refractivity contribution in [3.05, 3.63) is 56.4 Å². The number of hydrazine groups is 1. The molecule has 0 radical (unpaired) electrons. The Morgan fingerprint density at radius 1 is 1.38 bits per heavy atom. The molecule has 0 amide bonds. The monoisotopic (exact) mass is 300 g/mol. The van der Waals surface area contributed by atoms with Gasteiger partial charge in [-0.1, -0.05) is 12.1 Å². The smallest absolute Gasteiger partial charge is 0.123 e. The summed E-state index contributed by atoms with van der Waals surface area (Å²) >= 11 is 5.02. The van der Waals surface area contributed by atoms with Crippen molar-refractivity contribution in [1.29, 1.82) is 0 Å². The second-order valence-corrected chi connectivity index (χ2v) is 4.93. The molecule has 1 atom stereocenters. The molecule has 0 fully saturated rings. The van der Waals surface area contributed by atoms with Crippen LogP contribution in [0.15, 0.2) is 39.5 Å². The van der Waals surface area contributed by atoms with E-state index in [0.29, 0.717) is 0 Å². The fourth-order valence-electron chi connectivity index (χ4n) is 1.55. The molecule has 1 aromatic heterocycles. The first-order valence-corrected chi connectivity index (χ1v) is 6.39. The number of hydrogen-bond donors (Lipinski definition) is 2. The maximum Gasteiger partial charge on any atom is 0.123 e. The maximum absolute atomic E-state index is 13.1. The lowest BCUT2D eigenvalue weighted by Crippen LogP contribution is -2.28. The number of benzene rings is 1. The zero-order valence-electron chi connectivity index (χ0n) is 8.28. The van der Waals surface area contributed by atoms with Crippen molar-refractivity contribution in [2.45, 2.75) is 6.04 Å². The number of thiophene rings is 1. The first-order valence-electron chi connectivity index (χ1n) is 4.65. The lowest BCUT2D eigenvalue weighted by Gasteiger charge is -2.16. The van der Waals surface area contributed by atoms with Crippen molar-refractivity contribution in [3.8, 4) is 0 Å². The molecule has 2 aromatic rings. The topological polar surface area (TPSA) is 38.0 Å². The Bertz CT molecular complexity index is 486. The lowest BCUT2D eigenvalue weighted by atomic mass is 10.0. The second kappa shape index (κ2) is 5.05. The van der Waals surface area contributed by atoms with Crippen LogP contribution in [-0.4, -0.2) is 0 Å². The fraction of sp³-hybridized carbons (Fsp3) is 0.0909. The Morgan fingerprint density at radius 3 is 2.75 bits per heavy atom. The molecule has 0 aliphatic carbocycles. The molecule has 1 heterocycles. The summed E-state index contributed by atoms with van der Waals surface area (Å²) in [4.78, 5) is 0. The average Bonchev–Trinajstić information content (AvgIpc) is 2.67. The number of hydrogen-bond acceptors (Lipinski definition) is 3. The molecule has 2 nitrogen and oxygen atoms in total. The Balaban J connectivity index is 2.40. The third-order valence-electron chi connectivity index (χ3n) is 2.30. The van der Waals surface area contributed by atoms with Gasteiger partial charge in [-0.25, -0.2) is 9.82 Å². The van der Waals surface area contributed by atoms with E-state index in [2.05, 4.69) is 21.4 Å². The molecule has 1 aromatic carbocycles. The van der Waals surface area contributed by atoms with Crippen LogP contribution < -0.4 is 11.3 Å². The van der Waals surface area contributed by atoms with E-state index in [-0.39, 0.29) is 11.9 Å². The highest BCUT2D eigenvalue weighted by Gasteiger charge is 2.16. The lowest BCUT2D eigenvalue weighted by molar-refractivity contribution is 0.605. The van der Waals surface area contributed by atoms with Gasteiger partial charge in [-0.2, -0.15) is 11.3 Å².